The maximum atomic E-state index is 15.0. The summed E-state index contributed by atoms with van der Waals surface area (Å²) in [7, 11) is 3.32. The molecular weight excluding hydrogens is 445 g/mol. The Kier molecular flexibility index (Phi) is 6.18. The third kappa shape index (κ3) is 4.05. The monoisotopic (exact) mass is 470 g/mol. The van der Waals surface area contributed by atoms with E-state index in [4.69, 9.17) is 10.5 Å². The first-order chi connectivity index (χ1) is 16.2. The number of anilines is 2. The van der Waals surface area contributed by atoms with Crippen molar-refractivity contribution in [1.82, 2.24) is 15.3 Å². The zero-order chi connectivity index (χ0) is 24.6. The summed E-state index contributed by atoms with van der Waals surface area (Å²) in [5, 5.41) is 3.16. The molecule has 2 atom stereocenters. The van der Waals surface area contributed by atoms with Gasteiger partial charge in [-0.1, -0.05) is 25.1 Å². The fourth-order valence-electron chi connectivity index (χ4n) is 4.13. The predicted molar refractivity (Wildman–Crippen MR) is 125 cm³/mol. The van der Waals surface area contributed by atoms with Crippen molar-refractivity contribution >= 4 is 22.9 Å². The molecule has 0 amide bonds. The van der Waals surface area contributed by atoms with Crippen LogP contribution in [0.2, 0.25) is 0 Å². The van der Waals surface area contributed by atoms with E-state index in [-0.39, 0.29) is 11.6 Å². The number of aliphatic imine (C=N–C) groups is 1. The maximum Gasteiger partial charge on any atom is 0.316 e. The van der Waals surface area contributed by atoms with Crippen molar-refractivity contribution < 1.29 is 17.9 Å². The van der Waals surface area contributed by atoms with Crippen LogP contribution in [0.1, 0.15) is 42.9 Å². The third-order valence-electron chi connectivity index (χ3n) is 6.12. The molecule has 3 N–H and O–H groups in total. The fraction of sp³-hybridized carbons (Fsp3) is 0.292. The fourth-order valence-corrected chi connectivity index (χ4v) is 4.13. The van der Waals surface area contributed by atoms with E-state index in [9.17, 15) is 8.78 Å². The molecule has 0 bridgehead atoms. The van der Waals surface area contributed by atoms with Crippen molar-refractivity contribution in [2.24, 2.45) is 10.7 Å². The van der Waals surface area contributed by atoms with Crippen LogP contribution in [0.4, 0.5) is 30.2 Å². The lowest BCUT2D eigenvalue weighted by atomic mass is 9.80. The lowest BCUT2D eigenvalue weighted by molar-refractivity contribution is 0.145. The van der Waals surface area contributed by atoms with E-state index in [2.05, 4.69) is 20.3 Å². The van der Waals surface area contributed by atoms with E-state index in [1.54, 1.807) is 26.2 Å². The number of nitrogens with two attached hydrogens (primary N) is 1. The number of fused-ring (bicyclic) bond motifs is 1. The molecule has 0 spiro atoms. The first-order valence-electron chi connectivity index (χ1n) is 10.6. The van der Waals surface area contributed by atoms with Gasteiger partial charge < -0.3 is 20.7 Å². The van der Waals surface area contributed by atoms with Gasteiger partial charge in [-0.2, -0.15) is 0 Å². The summed E-state index contributed by atoms with van der Waals surface area (Å²) in [6.07, 6.45) is 0.313. The Morgan fingerprint density at radius 3 is 2.41 bits per heavy atom. The molecular formula is C24H25F3N6O. The van der Waals surface area contributed by atoms with Crippen molar-refractivity contribution in [3.05, 3.63) is 71.3 Å². The highest BCUT2D eigenvalue weighted by Crippen LogP contribution is 2.43. The number of nitrogens with one attached hydrogen (secondary N) is 1. The smallest absolute Gasteiger partial charge is 0.316 e. The minimum Gasteiger partial charge on any atom is -0.467 e. The van der Waals surface area contributed by atoms with Gasteiger partial charge in [-0.25, -0.2) is 28.1 Å². The van der Waals surface area contributed by atoms with Gasteiger partial charge in [0, 0.05) is 24.2 Å². The highest BCUT2D eigenvalue weighted by molar-refractivity contribution is 5.87. The largest absolute Gasteiger partial charge is 0.467 e. The van der Waals surface area contributed by atoms with Crippen LogP contribution in [-0.2, 0) is 5.66 Å². The molecule has 1 aliphatic heterocycles. The molecule has 10 heteroatoms. The Bertz CT molecular complexity index is 1230. The number of rotatable bonds is 6. The van der Waals surface area contributed by atoms with Crippen molar-refractivity contribution in [1.29, 1.82) is 0 Å². The van der Waals surface area contributed by atoms with Crippen LogP contribution >= 0.6 is 0 Å². The molecule has 3 aromatic rings. The Morgan fingerprint density at radius 2 is 1.76 bits per heavy atom. The first-order valence-corrected chi connectivity index (χ1v) is 10.6. The summed E-state index contributed by atoms with van der Waals surface area (Å²) in [4.78, 5) is 14.7. The van der Waals surface area contributed by atoms with Gasteiger partial charge in [0.25, 0.3) is 6.43 Å². The number of nitrogens with zero attached hydrogens (tertiary/aromatic N) is 4. The highest BCUT2D eigenvalue weighted by atomic mass is 19.3. The average molecular weight is 470 g/mol. The molecule has 0 fully saturated rings. The number of ether oxygens (including phenoxy) is 1. The summed E-state index contributed by atoms with van der Waals surface area (Å²) in [6.45, 7) is 3.45. The number of aromatic nitrogens is 2. The van der Waals surface area contributed by atoms with Gasteiger partial charge in [0.1, 0.15) is 17.3 Å². The molecule has 4 rings (SSSR count). The van der Waals surface area contributed by atoms with E-state index in [1.165, 1.54) is 19.2 Å². The Morgan fingerprint density at radius 1 is 1.09 bits per heavy atom. The molecule has 0 radical (unpaired) electrons. The second-order valence-corrected chi connectivity index (χ2v) is 8.15. The zero-order valence-corrected chi connectivity index (χ0v) is 19.2. The van der Waals surface area contributed by atoms with Crippen LogP contribution in [-0.4, -0.2) is 30.0 Å². The molecule has 0 aliphatic carbocycles. The molecule has 0 saturated heterocycles. The van der Waals surface area contributed by atoms with Gasteiger partial charge >= 0.3 is 6.01 Å². The van der Waals surface area contributed by atoms with Gasteiger partial charge in [0.2, 0.25) is 0 Å². The normalized spacial score (nSPS) is 18.1. The van der Waals surface area contributed by atoms with Crippen LogP contribution < -0.4 is 20.7 Å². The minimum atomic E-state index is -2.93. The summed E-state index contributed by atoms with van der Waals surface area (Å²) in [5.41, 5.74) is 7.68. The Balaban J connectivity index is 1.78. The molecule has 0 saturated carbocycles. The average Bonchev–Trinajstić information content (AvgIpc) is 2.83. The molecule has 2 unspecified atom stereocenters. The van der Waals surface area contributed by atoms with Crippen molar-refractivity contribution in [2.75, 3.05) is 19.1 Å². The van der Waals surface area contributed by atoms with Crippen LogP contribution in [0.5, 0.6) is 6.01 Å². The van der Waals surface area contributed by atoms with E-state index >= 15 is 4.39 Å². The number of alkyl halides is 2. The molecule has 178 valence electrons. The van der Waals surface area contributed by atoms with Crippen molar-refractivity contribution in [2.45, 2.75) is 31.9 Å². The van der Waals surface area contributed by atoms with Crippen molar-refractivity contribution in [3.63, 3.8) is 0 Å². The second kappa shape index (κ2) is 8.94. The van der Waals surface area contributed by atoms with Gasteiger partial charge in [0.05, 0.1) is 36.4 Å². The van der Waals surface area contributed by atoms with E-state index in [0.717, 1.165) is 11.8 Å². The molecule has 34 heavy (non-hydrogen) atoms. The zero-order valence-electron chi connectivity index (χ0n) is 19.2. The molecule has 1 aliphatic rings. The molecule has 2 aromatic carbocycles. The first kappa shape index (κ1) is 23.5. The Hall–Kier alpha value is -3.66. The van der Waals surface area contributed by atoms with Gasteiger partial charge in [0.15, 0.2) is 0 Å². The van der Waals surface area contributed by atoms with Gasteiger partial charge in [-0.3, -0.25) is 0 Å². The van der Waals surface area contributed by atoms with Crippen LogP contribution in [0.15, 0.2) is 53.8 Å². The molecule has 1 aromatic heterocycles. The predicted octanol–water partition coefficient (Wildman–Crippen LogP) is 4.90. The lowest BCUT2D eigenvalue weighted by Crippen LogP contribution is -2.57. The number of methoxy groups -OCH3 is 1. The standard InChI is InChI=1S/C24H25F3N6O/c1-13(17-6-5-7-18(21(17)25)22(26)27)24(28)19-10-15(8-9-20(19)31-14(2)32-24)33(3)16-11-29-23(34-4)30-12-16/h5-13,22H,28H2,1-4H3,(H,31,32). The third-order valence-corrected chi connectivity index (χ3v) is 6.12. The van der Waals surface area contributed by atoms with Crippen LogP contribution in [0.25, 0.3) is 0 Å². The van der Waals surface area contributed by atoms with E-state index in [1.807, 2.05) is 30.1 Å². The topological polar surface area (TPSA) is 88.7 Å². The number of amidine groups is 1. The number of hydrogen-bond acceptors (Lipinski definition) is 7. The SMILES string of the molecule is COc1ncc(N(C)c2ccc3c(c2)C(N)(C(C)c2cccc(C(F)F)c2F)NC(C)=N3)cn1. The van der Waals surface area contributed by atoms with Crippen LogP contribution in [0.3, 0.4) is 0 Å². The Labute approximate surface area is 195 Å². The maximum absolute atomic E-state index is 15.0. The number of halogens is 3. The van der Waals surface area contributed by atoms with E-state index in [0.29, 0.717) is 22.8 Å². The van der Waals surface area contributed by atoms with Crippen LogP contribution in [0, 0.1) is 5.82 Å². The minimum absolute atomic E-state index is 0.0933. The quantitative estimate of drug-likeness (QED) is 0.533. The van der Waals surface area contributed by atoms with Gasteiger partial charge in [-0.15, -0.1) is 0 Å². The lowest BCUT2D eigenvalue weighted by Gasteiger charge is -2.41. The summed E-state index contributed by atoms with van der Waals surface area (Å²) >= 11 is 0. The highest BCUT2D eigenvalue weighted by Gasteiger charge is 2.41. The van der Waals surface area contributed by atoms with E-state index < -0.39 is 29.4 Å². The number of benzene rings is 2. The summed E-state index contributed by atoms with van der Waals surface area (Å²) < 4.78 is 46.7. The van der Waals surface area contributed by atoms with Crippen molar-refractivity contribution in [3.8, 4) is 6.01 Å². The molecule has 7 nitrogen and oxygen atoms in total. The van der Waals surface area contributed by atoms with Gasteiger partial charge in [-0.05, 0) is 30.7 Å². The summed E-state index contributed by atoms with van der Waals surface area (Å²) in [5.74, 6) is -1.13. The summed E-state index contributed by atoms with van der Waals surface area (Å²) in [6, 6.07) is 9.75. The second-order valence-electron chi connectivity index (χ2n) is 8.15. The number of hydrogen-bond donors (Lipinski definition) is 2. The molecule has 2 heterocycles.